The Kier molecular flexibility index (Phi) is 7.45. The molecule has 0 saturated heterocycles. The van der Waals surface area contributed by atoms with Crippen molar-refractivity contribution in [1.82, 2.24) is 15.0 Å². The largest absolute Gasteiger partial charge is 0.456 e. The van der Waals surface area contributed by atoms with Gasteiger partial charge >= 0.3 is 0 Å². The van der Waals surface area contributed by atoms with Gasteiger partial charge in [-0.05, 0) is 52.6 Å². The molecule has 50 heavy (non-hydrogen) atoms. The first kappa shape index (κ1) is 29.7. The number of aromatic nitrogens is 1. The summed E-state index contributed by atoms with van der Waals surface area (Å²) >= 11 is 0. The summed E-state index contributed by atoms with van der Waals surface area (Å²) in [5.74, 6) is 0.366. The zero-order chi connectivity index (χ0) is 33.4. The molecule has 2 heterocycles. The van der Waals surface area contributed by atoms with E-state index in [4.69, 9.17) is 9.83 Å². The second kappa shape index (κ2) is 12.5. The minimum Gasteiger partial charge on any atom is -0.456 e. The van der Waals surface area contributed by atoms with Gasteiger partial charge in [-0.1, -0.05) is 133 Å². The number of para-hydroxylation sites is 2. The quantitative estimate of drug-likeness (QED) is 0.0981. The van der Waals surface area contributed by atoms with Crippen LogP contribution in [0.3, 0.4) is 0 Å². The topological polar surface area (TPSA) is 57.2 Å². The summed E-state index contributed by atoms with van der Waals surface area (Å²) < 4.78 is 8.64. The summed E-state index contributed by atoms with van der Waals surface area (Å²) in [4.78, 5) is 0. The number of nitrogens with one attached hydrogen (secondary N) is 2. The van der Waals surface area contributed by atoms with Crippen molar-refractivity contribution in [3.63, 3.8) is 0 Å². The molecule has 5 heteroatoms. The minimum atomic E-state index is 0.366. The van der Waals surface area contributed by atoms with Crippen LogP contribution in [0.1, 0.15) is 16.7 Å². The molecule has 0 fully saturated rings. The fourth-order valence-electron chi connectivity index (χ4n) is 7.05. The summed E-state index contributed by atoms with van der Waals surface area (Å²) in [6.07, 6.45) is 0. The van der Waals surface area contributed by atoms with Gasteiger partial charge < -0.3 is 14.4 Å². The fraction of sp³-hybridized carbons (Fsp3) is 0.0444. The van der Waals surface area contributed by atoms with Crippen LogP contribution in [0.25, 0.3) is 60.6 Å². The van der Waals surface area contributed by atoms with Crippen LogP contribution >= 0.6 is 0 Å². The van der Waals surface area contributed by atoms with Gasteiger partial charge in [0.05, 0.1) is 11.0 Å². The number of rotatable bonds is 8. The maximum absolute atomic E-state index is 8.85. The highest BCUT2D eigenvalue weighted by Gasteiger charge is 2.17. The van der Waals surface area contributed by atoms with E-state index >= 15 is 0 Å². The van der Waals surface area contributed by atoms with Crippen molar-refractivity contribution in [2.24, 2.45) is 0 Å². The SMILES string of the molecule is N=C(NN(Cc1ccc(-c2ccccc2)cc1)Cc1ccc(-n2c3ccccc3c3cc4c(cc32)oc2ccccc24)cc1)c1ccccc1. The molecule has 0 aliphatic heterocycles. The highest BCUT2D eigenvalue weighted by Crippen LogP contribution is 2.38. The monoisotopic (exact) mass is 646 g/mol. The van der Waals surface area contributed by atoms with Crippen LogP contribution in [0.4, 0.5) is 0 Å². The Hall–Kier alpha value is -6.43. The molecule has 2 N–H and O–H groups in total. The van der Waals surface area contributed by atoms with Crippen molar-refractivity contribution < 1.29 is 4.42 Å². The van der Waals surface area contributed by atoms with E-state index < -0.39 is 0 Å². The van der Waals surface area contributed by atoms with Gasteiger partial charge in [0, 0.05) is 52.0 Å². The van der Waals surface area contributed by atoms with Crippen molar-refractivity contribution in [3.05, 3.63) is 187 Å². The molecule has 0 aliphatic rings. The predicted octanol–water partition coefficient (Wildman–Crippen LogP) is 10.9. The van der Waals surface area contributed by atoms with Crippen molar-refractivity contribution in [2.75, 3.05) is 0 Å². The summed E-state index contributed by atoms with van der Waals surface area (Å²) in [6, 6.07) is 59.0. The number of fused-ring (bicyclic) bond motifs is 6. The van der Waals surface area contributed by atoms with Crippen molar-refractivity contribution >= 4 is 49.6 Å². The van der Waals surface area contributed by atoms with Crippen molar-refractivity contribution in [1.29, 1.82) is 5.41 Å². The van der Waals surface area contributed by atoms with E-state index in [9.17, 15) is 0 Å². The van der Waals surface area contributed by atoms with E-state index in [1.807, 2.05) is 48.5 Å². The van der Waals surface area contributed by atoms with Gasteiger partial charge in [-0.25, -0.2) is 5.01 Å². The molecule has 0 atom stereocenters. The maximum Gasteiger partial charge on any atom is 0.140 e. The van der Waals surface area contributed by atoms with Crippen LogP contribution in [-0.4, -0.2) is 15.4 Å². The Morgan fingerprint density at radius 3 is 1.86 bits per heavy atom. The Labute approximate surface area is 290 Å². The Morgan fingerprint density at radius 1 is 0.520 bits per heavy atom. The first-order valence-electron chi connectivity index (χ1n) is 16.9. The lowest BCUT2D eigenvalue weighted by molar-refractivity contribution is 0.216. The zero-order valence-corrected chi connectivity index (χ0v) is 27.4. The molecule has 7 aromatic carbocycles. The molecule has 5 nitrogen and oxygen atoms in total. The lowest BCUT2D eigenvalue weighted by Gasteiger charge is -2.25. The number of hydrazine groups is 1. The number of amidine groups is 1. The summed E-state index contributed by atoms with van der Waals surface area (Å²) in [6.45, 7) is 1.25. The van der Waals surface area contributed by atoms with E-state index in [2.05, 4.69) is 136 Å². The van der Waals surface area contributed by atoms with E-state index in [0.29, 0.717) is 18.9 Å². The number of nitrogens with zero attached hydrogens (tertiary/aromatic N) is 2. The van der Waals surface area contributed by atoms with Crippen LogP contribution in [0.5, 0.6) is 0 Å². The summed E-state index contributed by atoms with van der Waals surface area (Å²) in [7, 11) is 0. The molecule has 0 radical (unpaired) electrons. The highest BCUT2D eigenvalue weighted by atomic mass is 16.3. The van der Waals surface area contributed by atoms with Gasteiger partial charge in [0.25, 0.3) is 0 Å². The molecule has 0 saturated carbocycles. The second-order valence-corrected chi connectivity index (χ2v) is 12.8. The number of hydrogen-bond donors (Lipinski definition) is 2. The standard InChI is InChI=1S/C45H34N4O/c46-45(35-13-5-2-6-14-35)47-48(29-31-19-23-34(24-20-31)33-11-3-1-4-12-33)30-32-21-25-36(26-22-32)49-41-17-9-7-15-37(41)39-27-40-38-16-8-10-18-43(38)50-44(40)28-42(39)49/h1-28H,29-30H2,(H2,46,47). The highest BCUT2D eigenvalue weighted by molar-refractivity contribution is 6.17. The smallest absolute Gasteiger partial charge is 0.140 e. The van der Waals surface area contributed by atoms with E-state index in [-0.39, 0.29) is 0 Å². The van der Waals surface area contributed by atoms with Crippen LogP contribution in [0.15, 0.2) is 174 Å². The Balaban J connectivity index is 1.04. The summed E-state index contributed by atoms with van der Waals surface area (Å²) in [5.41, 5.74) is 14.1. The molecule has 0 aliphatic carbocycles. The molecule has 240 valence electrons. The molecule has 9 aromatic rings. The number of hydrogen-bond acceptors (Lipinski definition) is 3. The van der Waals surface area contributed by atoms with Crippen molar-refractivity contribution in [3.8, 4) is 16.8 Å². The van der Waals surface area contributed by atoms with Gasteiger partial charge in [-0.3, -0.25) is 5.41 Å². The molecule has 0 spiro atoms. The third-order valence-corrected chi connectivity index (χ3v) is 9.51. The second-order valence-electron chi connectivity index (χ2n) is 12.8. The van der Waals surface area contributed by atoms with Gasteiger partial charge in [-0.2, -0.15) is 0 Å². The first-order chi connectivity index (χ1) is 24.7. The molecule has 9 rings (SSSR count). The average molecular weight is 647 g/mol. The molecule has 0 bridgehead atoms. The lowest BCUT2D eigenvalue weighted by Crippen LogP contribution is -2.41. The predicted molar refractivity (Wildman–Crippen MR) is 206 cm³/mol. The molecule has 0 unspecified atom stereocenters. The third-order valence-electron chi connectivity index (χ3n) is 9.51. The van der Waals surface area contributed by atoms with E-state index in [1.165, 1.54) is 21.9 Å². The fourth-order valence-corrected chi connectivity index (χ4v) is 7.05. The van der Waals surface area contributed by atoms with Crippen LogP contribution in [0.2, 0.25) is 0 Å². The van der Waals surface area contributed by atoms with Gasteiger partial charge in [0.2, 0.25) is 0 Å². The first-order valence-corrected chi connectivity index (χ1v) is 16.9. The lowest BCUT2D eigenvalue weighted by atomic mass is 10.0. The summed E-state index contributed by atoms with van der Waals surface area (Å²) in [5, 5.41) is 15.7. The van der Waals surface area contributed by atoms with E-state index in [1.54, 1.807) is 0 Å². The Bertz CT molecular complexity index is 2620. The third kappa shape index (κ3) is 5.50. The van der Waals surface area contributed by atoms with Crippen LogP contribution in [0, 0.1) is 5.41 Å². The number of benzene rings is 7. The molecular formula is C45H34N4O. The normalized spacial score (nSPS) is 11.6. The molecular weight excluding hydrogens is 613 g/mol. The van der Waals surface area contributed by atoms with Gasteiger partial charge in [-0.15, -0.1) is 0 Å². The average Bonchev–Trinajstić information content (AvgIpc) is 3.70. The van der Waals surface area contributed by atoms with Crippen molar-refractivity contribution in [2.45, 2.75) is 13.1 Å². The van der Waals surface area contributed by atoms with E-state index in [0.717, 1.165) is 55.3 Å². The van der Waals surface area contributed by atoms with Gasteiger partial charge in [0.1, 0.15) is 17.0 Å². The molecule has 0 amide bonds. The zero-order valence-electron chi connectivity index (χ0n) is 27.4. The van der Waals surface area contributed by atoms with Gasteiger partial charge in [0.15, 0.2) is 0 Å². The number of furan rings is 1. The molecule has 2 aromatic heterocycles. The van der Waals surface area contributed by atoms with Crippen LogP contribution < -0.4 is 5.43 Å². The maximum atomic E-state index is 8.85. The van der Waals surface area contributed by atoms with Crippen LogP contribution in [-0.2, 0) is 13.1 Å². The Morgan fingerprint density at radius 2 is 1.12 bits per heavy atom. The minimum absolute atomic E-state index is 0.366.